The van der Waals surface area contributed by atoms with Gasteiger partial charge in [-0.05, 0) is 57.2 Å². The van der Waals surface area contributed by atoms with Crippen molar-refractivity contribution in [1.82, 2.24) is 9.78 Å². The van der Waals surface area contributed by atoms with Gasteiger partial charge in [-0.25, -0.2) is 4.68 Å². The molecule has 0 atom stereocenters. The highest BCUT2D eigenvalue weighted by Gasteiger charge is 2.11. The zero-order chi connectivity index (χ0) is 17.3. The Hall–Kier alpha value is -2.59. The van der Waals surface area contributed by atoms with E-state index in [4.69, 9.17) is 11.6 Å². The van der Waals surface area contributed by atoms with Crippen LogP contribution in [0.2, 0.25) is 5.02 Å². The van der Waals surface area contributed by atoms with Crippen molar-refractivity contribution < 1.29 is 4.79 Å². The van der Waals surface area contributed by atoms with Crippen LogP contribution in [0.25, 0.3) is 5.69 Å². The van der Waals surface area contributed by atoms with E-state index < -0.39 is 0 Å². The smallest absolute Gasteiger partial charge is 0.255 e. The molecule has 1 N–H and O–H groups in total. The molecule has 1 amide bonds. The van der Waals surface area contributed by atoms with Crippen LogP contribution < -0.4 is 5.32 Å². The monoisotopic (exact) mass is 339 g/mol. The molecule has 0 saturated heterocycles. The average Bonchev–Trinajstić information content (AvgIpc) is 2.84. The summed E-state index contributed by atoms with van der Waals surface area (Å²) in [6.07, 6.45) is 0. The second-order valence-electron chi connectivity index (χ2n) is 5.76. The summed E-state index contributed by atoms with van der Waals surface area (Å²) in [4.78, 5) is 12.2. The number of halogens is 1. The van der Waals surface area contributed by atoms with E-state index in [2.05, 4.69) is 10.4 Å². The molecular weight excluding hydrogens is 322 g/mol. The van der Waals surface area contributed by atoms with Gasteiger partial charge >= 0.3 is 0 Å². The maximum absolute atomic E-state index is 12.2. The Kier molecular flexibility index (Phi) is 4.40. The normalized spacial score (nSPS) is 10.7. The van der Waals surface area contributed by atoms with Crippen LogP contribution in [0.15, 0.2) is 48.5 Å². The molecule has 0 spiro atoms. The zero-order valence-electron chi connectivity index (χ0n) is 13.8. The van der Waals surface area contributed by atoms with Gasteiger partial charge in [0.15, 0.2) is 0 Å². The van der Waals surface area contributed by atoms with E-state index in [1.165, 1.54) is 0 Å². The Morgan fingerprint density at radius 3 is 2.17 bits per heavy atom. The summed E-state index contributed by atoms with van der Waals surface area (Å²) in [6.45, 7) is 5.79. The first-order valence-corrected chi connectivity index (χ1v) is 8.03. The van der Waals surface area contributed by atoms with Gasteiger partial charge in [-0.3, -0.25) is 4.79 Å². The van der Waals surface area contributed by atoms with E-state index in [9.17, 15) is 4.79 Å². The van der Waals surface area contributed by atoms with E-state index in [0.717, 1.165) is 28.3 Å². The van der Waals surface area contributed by atoms with Crippen LogP contribution in [-0.4, -0.2) is 15.7 Å². The van der Waals surface area contributed by atoms with Crippen molar-refractivity contribution in [2.75, 3.05) is 5.32 Å². The predicted octanol–water partition coefficient (Wildman–Crippen LogP) is 4.70. The lowest BCUT2D eigenvalue weighted by atomic mass is 10.1. The standard InChI is InChI=1S/C19H18ClN3O/c1-12-4-6-15(7-5-12)19(24)21-16-8-10-17(11-9-16)23-14(3)18(20)13(2)22-23/h4-11H,1-3H3,(H,21,24). The molecule has 3 rings (SSSR count). The van der Waals surface area contributed by atoms with Crippen LogP contribution in [0, 0.1) is 20.8 Å². The number of rotatable bonds is 3. The number of amides is 1. The third-order valence-electron chi connectivity index (χ3n) is 3.89. The van der Waals surface area contributed by atoms with Crippen LogP contribution in [0.4, 0.5) is 5.69 Å². The molecule has 1 aromatic heterocycles. The molecule has 0 fully saturated rings. The highest BCUT2D eigenvalue weighted by Crippen LogP contribution is 2.23. The van der Waals surface area contributed by atoms with Gasteiger partial charge in [-0.2, -0.15) is 5.10 Å². The summed E-state index contributed by atoms with van der Waals surface area (Å²) in [5, 5.41) is 7.99. The number of hydrogen-bond donors (Lipinski definition) is 1. The molecule has 3 aromatic rings. The minimum atomic E-state index is -0.128. The van der Waals surface area contributed by atoms with Gasteiger partial charge in [0.2, 0.25) is 0 Å². The third-order valence-corrected chi connectivity index (χ3v) is 4.43. The largest absolute Gasteiger partial charge is 0.322 e. The number of carbonyl (C=O) groups excluding carboxylic acids is 1. The van der Waals surface area contributed by atoms with Crippen LogP contribution in [0.3, 0.4) is 0 Å². The lowest BCUT2D eigenvalue weighted by molar-refractivity contribution is 0.102. The molecular formula is C19H18ClN3O. The van der Waals surface area contributed by atoms with Gasteiger partial charge in [-0.1, -0.05) is 29.3 Å². The summed E-state index contributed by atoms with van der Waals surface area (Å²) in [5.74, 6) is -0.128. The molecule has 1 heterocycles. The molecule has 0 aliphatic carbocycles. The number of nitrogens with zero attached hydrogens (tertiary/aromatic N) is 2. The Morgan fingerprint density at radius 1 is 1.00 bits per heavy atom. The summed E-state index contributed by atoms with van der Waals surface area (Å²) in [7, 11) is 0. The SMILES string of the molecule is Cc1ccc(C(=O)Nc2ccc(-n3nc(C)c(Cl)c3C)cc2)cc1. The topological polar surface area (TPSA) is 46.9 Å². The Balaban J connectivity index is 1.78. The summed E-state index contributed by atoms with van der Waals surface area (Å²) < 4.78 is 1.79. The molecule has 0 saturated carbocycles. The molecule has 122 valence electrons. The summed E-state index contributed by atoms with van der Waals surface area (Å²) >= 11 is 6.19. The first kappa shape index (κ1) is 16.3. The number of aryl methyl sites for hydroxylation is 2. The summed E-state index contributed by atoms with van der Waals surface area (Å²) in [5.41, 5.74) is 5.08. The number of carbonyl (C=O) groups is 1. The fourth-order valence-corrected chi connectivity index (χ4v) is 2.59. The third kappa shape index (κ3) is 3.19. The minimum Gasteiger partial charge on any atom is -0.322 e. The predicted molar refractivity (Wildman–Crippen MR) is 97.2 cm³/mol. The molecule has 0 aliphatic rings. The van der Waals surface area contributed by atoms with Gasteiger partial charge in [0.25, 0.3) is 5.91 Å². The van der Waals surface area contributed by atoms with Crippen molar-refractivity contribution in [3.05, 3.63) is 76.1 Å². The Morgan fingerprint density at radius 2 is 1.62 bits per heavy atom. The maximum Gasteiger partial charge on any atom is 0.255 e. The number of anilines is 1. The van der Waals surface area contributed by atoms with Crippen LogP contribution in [0.5, 0.6) is 0 Å². The molecule has 0 radical (unpaired) electrons. The quantitative estimate of drug-likeness (QED) is 0.751. The minimum absolute atomic E-state index is 0.128. The van der Waals surface area contributed by atoms with Crippen molar-refractivity contribution in [3.63, 3.8) is 0 Å². The fourth-order valence-electron chi connectivity index (χ4n) is 2.47. The lowest BCUT2D eigenvalue weighted by Gasteiger charge is -2.08. The average molecular weight is 340 g/mol. The van der Waals surface area contributed by atoms with E-state index in [0.29, 0.717) is 10.6 Å². The van der Waals surface area contributed by atoms with Crippen molar-refractivity contribution in [2.45, 2.75) is 20.8 Å². The second kappa shape index (κ2) is 6.49. The van der Waals surface area contributed by atoms with E-state index in [1.807, 2.05) is 69.3 Å². The molecule has 0 unspecified atom stereocenters. The fraction of sp³-hybridized carbons (Fsp3) is 0.158. The molecule has 24 heavy (non-hydrogen) atoms. The summed E-state index contributed by atoms with van der Waals surface area (Å²) in [6, 6.07) is 15.0. The molecule has 0 aliphatic heterocycles. The zero-order valence-corrected chi connectivity index (χ0v) is 14.6. The number of aromatic nitrogens is 2. The van der Waals surface area contributed by atoms with Gasteiger partial charge in [-0.15, -0.1) is 0 Å². The van der Waals surface area contributed by atoms with Crippen LogP contribution >= 0.6 is 11.6 Å². The van der Waals surface area contributed by atoms with Gasteiger partial charge in [0.1, 0.15) is 0 Å². The van der Waals surface area contributed by atoms with Crippen molar-refractivity contribution in [1.29, 1.82) is 0 Å². The molecule has 2 aromatic carbocycles. The Labute approximate surface area is 146 Å². The highest BCUT2D eigenvalue weighted by molar-refractivity contribution is 6.31. The van der Waals surface area contributed by atoms with Crippen molar-refractivity contribution >= 4 is 23.2 Å². The Bertz CT molecular complexity index is 880. The highest BCUT2D eigenvalue weighted by atomic mass is 35.5. The van der Waals surface area contributed by atoms with Crippen LogP contribution in [0.1, 0.15) is 27.3 Å². The van der Waals surface area contributed by atoms with Crippen LogP contribution in [-0.2, 0) is 0 Å². The number of nitrogens with one attached hydrogen (secondary N) is 1. The van der Waals surface area contributed by atoms with Crippen molar-refractivity contribution in [2.24, 2.45) is 0 Å². The van der Waals surface area contributed by atoms with E-state index >= 15 is 0 Å². The van der Waals surface area contributed by atoms with Crippen molar-refractivity contribution in [3.8, 4) is 5.69 Å². The maximum atomic E-state index is 12.2. The first-order valence-electron chi connectivity index (χ1n) is 7.66. The molecule has 0 bridgehead atoms. The molecule has 5 heteroatoms. The number of benzene rings is 2. The first-order chi connectivity index (χ1) is 11.5. The number of hydrogen-bond acceptors (Lipinski definition) is 2. The van der Waals surface area contributed by atoms with E-state index in [1.54, 1.807) is 4.68 Å². The van der Waals surface area contributed by atoms with Gasteiger partial charge in [0, 0.05) is 11.3 Å². The van der Waals surface area contributed by atoms with Gasteiger partial charge in [0.05, 0.1) is 22.1 Å². The molecule has 4 nitrogen and oxygen atoms in total. The van der Waals surface area contributed by atoms with Gasteiger partial charge < -0.3 is 5.32 Å². The lowest BCUT2D eigenvalue weighted by Crippen LogP contribution is -2.11. The second-order valence-corrected chi connectivity index (χ2v) is 6.14. The van der Waals surface area contributed by atoms with E-state index in [-0.39, 0.29) is 5.91 Å².